The highest BCUT2D eigenvalue weighted by molar-refractivity contribution is 5.98. The molecule has 1 atom stereocenters. The monoisotopic (exact) mass is 512 g/mol. The highest BCUT2D eigenvalue weighted by Crippen LogP contribution is 2.44. The lowest BCUT2D eigenvalue weighted by molar-refractivity contribution is 0.0694. The summed E-state index contributed by atoms with van der Waals surface area (Å²) in [5, 5.41) is 13.6. The predicted molar refractivity (Wildman–Crippen MR) is 133 cm³/mol. The van der Waals surface area contributed by atoms with Crippen LogP contribution in [0.5, 0.6) is 5.75 Å². The Labute approximate surface area is 210 Å². The quantitative estimate of drug-likeness (QED) is 0.466. The van der Waals surface area contributed by atoms with E-state index in [4.69, 9.17) is 15.3 Å². The second-order valence-electron chi connectivity index (χ2n) is 9.24. The summed E-state index contributed by atoms with van der Waals surface area (Å²) in [6, 6.07) is 6.43. The average Bonchev–Trinajstić information content (AvgIpc) is 3.71. The molecule has 0 amide bonds. The van der Waals surface area contributed by atoms with Crippen LogP contribution in [0.4, 0.5) is 14.5 Å². The van der Waals surface area contributed by atoms with E-state index < -0.39 is 28.8 Å². The van der Waals surface area contributed by atoms with E-state index in [2.05, 4.69) is 5.16 Å². The molecule has 1 saturated heterocycles. The molecule has 37 heavy (non-hydrogen) atoms. The highest BCUT2D eigenvalue weighted by atomic mass is 19.1. The van der Waals surface area contributed by atoms with Gasteiger partial charge in [0.05, 0.1) is 29.8 Å². The Kier molecular flexibility index (Phi) is 6.55. The number of carboxylic acids is 1. The highest BCUT2D eigenvalue weighted by Gasteiger charge is 2.33. The van der Waals surface area contributed by atoms with Crippen molar-refractivity contribution in [2.24, 2.45) is 10.9 Å². The minimum Gasteiger partial charge on any atom is -0.492 e. The Hall–Kier alpha value is -3.99. The van der Waals surface area contributed by atoms with Crippen LogP contribution in [0.15, 0.2) is 46.5 Å². The van der Waals surface area contributed by atoms with Crippen LogP contribution in [0.25, 0.3) is 10.9 Å². The molecule has 5 rings (SSSR count). The molecule has 1 aromatic heterocycles. The van der Waals surface area contributed by atoms with Crippen LogP contribution in [0.3, 0.4) is 0 Å². The maximum absolute atomic E-state index is 15.5. The summed E-state index contributed by atoms with van der Waals surface area (Å²) >= 11 is 0. The number of rotatable bonds is 7. The van der Waals surface area contributed by atoms with Crippen molar-refractivity contribution in [1.29, 1.82) is 0 Å². The first-order chi connectivity index (χ1) is 17.8. The van der Waals surface area contributed by atoms with Crippen molar-refractivity contribution in [2.45, 2.75) is 38.0 Å². The molecule has 1 unspecified atom stereocenters. The molecule has 1 aliphatic heterocycles. The number of anilines is 1. The van der Waals surface area contributed by atoms with Gasteiger partial charge in [-0.05, 0) is 36.6 Å². The molecule has 11 heteroatoms. The molecule has 1 aliphatic carbocycles. The zero-order valence-electron chi connectivity index (χ0n) is 20.1. The van der Waals surface area contributed by atoms with Crippen LogP contribution >= 0.6 is 0 Å². The third-order valence-corrected chi connectivity index (χ3v) is 6.70. The van der Waals surface area contributed by atoms with Gasteiger partial charge in [0.2, 0.25) is 5.43 Å². The summed E-state index contributed by atoms with van der Waals surface area (Å²) in [6.45, 7) is 0.745. The molecule has 0 bridgehead atoms. The van der Waals surface area contributed by atoms with Gasteiger partial charge in [0, 0.05) is 31.7 Å². The Morgan fingerprint density at radius 1 is 1.24 bits per heavy atom. The molecule has 0 spiro atoms. The number of hydrogen-bond acceptors (Lipinski definition) is 7. The standard InChI is InChI=1S/C26H26F2N4O5/c1-36-25-22-17(24(33)18(26(34)35)11-32(22)16-6-7-16)10-19(28)23(25)31-9-8-21(20(29)12-31)30-37-13-14-2-4-15(27)5-3-14/h2-5,10-11,16,20H,6-9,12-13,29H2,1H3,(H,34,35)/b30-21-. The van der Waals surface area contributed by atoms with Crippen molar-refractivity contribution < 1.29 is 28.3 Å². The maximum Gasteiger partial charge on any atom is 0.341 e. The first kappa shape index (κ1) is 24.7. The molecule has 2 aromatic carbocycles. The van der Waals surface area contributed by atoms with Gasteiger partial charge in [0.1, 0.15) is 23.7 Å². The van der Waals surface area contributed by atoms with Crippen molar-refractivity contribution in [3.63, 3.8) is 0 Å². The fraction of sp³-hybridized carbons (Fsp3) is 0.346. The van der Waals surface area contributed by atoms with E-state index in [9.17, 15) is 19.1 Å². The van der Waals surface area contributed by atoms with E-state index in [0.717, 1.165) is 24.5 Å². The Balaban J connectivity index is 1.45. The molecule has 3 aromatic rings. The summed E-state index contributed by atoms with van der Waals surface area (Å²) in [7, 11) is 1.39. The summed E-state index contributed by atoms with van der Waals surface area (Å²) < 4.78 is 35.9. The molecule has 2 aliphatic rings. The molecule has 1 saturated carbocycles. The van der Waals surface area contributed by atoms with Crippen LogP contribution in [-0.2, 0) is 11.4 Å². The van der Waals surface area contributed by atoms with Crippen molar-refractivity contribution in [3.8, 4) is 5.75 Å². The number of aromatic carboxylic acids is 1. The largest absolute Gasteiger partial charge is 0.492 e. The number of nitrogens with zero attached hydrogens (tertiary/aromatic N) is 3. The fourth-order valence-electron chi connectivity index (χ4n) is 4.68. The predicted octanol–water partition coefficient (Wildman–Crippen LogP) is 3.43. The lowest BCUT2D eigenvalue weighted by atomic mass is 10.0. The van der Waals surface area contributed by atoms with Crippen LogP contribution < -0.4 is 20.8 Å². The number of hydrogen-bond donors (Lipinski definition) is 2. The average molecular weight is 513 g/mol. The van der Waals surface area contributed by atoms with Crippen LogP contribution in [0.1, 0.15) is 41.2 Å². The van der Waals surface area contributed by atoms with Crippen molar-refractivity contribution in [2.75, 3.05) is 25.1 Å². The number of nitrogens with two attached hydrogens (primary N) is 1. The zero-order valence-corrected chi connectivity index (χ0v) is 20.1. The molecule has 0 radical (unpaired) electrons. The minimum atomic E-state index is -1.36. The number of benzene rings is 2. The molecule has 2 fully saturated rings. The van der Waals surface area contributed by atoms with Gasteiger partial charge in [0.15, 0.2) is 11.6 Å². The smallest absolute Gasteiger partial charge is 0.341 e. The first-order valence-corrected chi connectivity index (χ1v) is 11.9. The van der Waals surface area contributed by atoms with Gasteiger partial charge < -0.3 is 29.9 Å². The van der Waals surface area contributed by atoms with Crippen molar-refractivity contribution in [3.05, 3.63) is 69.5 Å². The molecule has 9 nitrogen and oxygen atoms in total. The second-order valence-corrected chi connectivity index (χ2v) is 9.24. The number of fused-ring (bicyclic) bond motifs is 1. The van der Waals surface area contributed by atoms with E-state index in [0.29, 0.717) is 24.2 Å². The van der Waals surface area contributed by atoms with Crippen LogP contribution in [0.2, 0.25) is 0 Å². The summed E-state index contributed by atoms with van der Waals surface area (Å²) in [5.74, 6) is -2.24. The third-order valence-electron chi connectivity index (χ3n) is 6.70. The van der Waals surface area contributed by atoms with Gasteiger partial charge >= 0.3 is 5.97 Å². The molecule has 2 heterocycles. The molecule has 194 valence electrons. The molecule has 3 N–H and O–H groups in total. The Morgan fingerprint density at radius 3 is 2.59 bits per heavy atom. The number of piperidine rings is 1. The zero-order chi connectivity index (χ0) is 26.3. The van der Waals surface area contributed by atoms with E-state index in [1.807, 2.05) is 0 Å². The molecular weight excluding hydrogens is 486 g/mol. The van der Waals surface area contributed by atoms with Crippen LogP contribution in [0, 0.1) is 11.6 Å². The number of methoxy groups -OCH3 is 1. The van der Waals surface area contributed by atoms with Gasteiger partial charge in [-0.2, -0.15) is 0 Å². The summed E-state index contributed by atoms with van der Waals surface area (Å²) in [4.78, 5) is 31.7. The Morgan fingerprint density at radius 2 is 1.97 bits per heavy atom. The number of halogens is 2. The number of carbonyl (C=O) groups is 1. The fourth-order valence-corrected chi connectivity index (χ4v) is 4.68. The van der Waals surface area contributed by atoms with Crippen LogP contribution in [-0.4, -0.2) is 47.6 Å². The first-order valence-electron chi connectivity index (χ1n) is 11.9. The lowest BCUT2D eigenvalue weighted by Gasteiger charge is -2.34. The van der Waals surface area contributed by atoms with E-state index in [-0.39, 0.29) is 41.8 Å². The lowest BCUT2D eigenvalue weighted by Crippen LogP contribution is -2.49. The number of carboxylic acid groups (broad SMARTS) is 1. The second kappa shape index (κ2) is 9.81. The Bertz CT molecular complexity index is 1450. The third kappa shape index (κ3) is 4.74. The van der Waals surface area contributed by atoms with Gasteiger partial charge in [-0.15, -0.1) is 0 Å². The van der Waals surface area contributed by atoms with Crippen molar-refractivity contribution in [1.82, 2.24) is 4.57 Å². The summed E-state index contributed by atoms with van der Waals surface area (Å²) in [5.41, 5.74) is 7.07. The SMILES string of the molecule is COc1c(N2CC/C(=N/OCc3ccc(F)cc3)C(N)C2)c(F)cc2c(=O)c(C(=O)O)cn(C3CC3)c12. The molecular formula is C26H26F2N4O5. The number of aromatic nitrogens is 1. The minimum absolute atomic E-state index is 0.00835. The normalized spacial score (nSPS) is 18.9. The number of ether oxygens (including phenoxy) is 1. The van der Waals surface area contributed by atoms with Gasteiger partial charge in [-0.3, -0.25) is 4.79 Å². The van der Waals surface area contributed by atoms with E-state index >= 15 is 4.39 Å². The van der Waals surface area contributed by atoms with E-state index in [1.165, 1.54) is 25.4 Å². The van der Waals surface area contributed by atoms with Gasteiger partial charge in [-0.1, -0.05) is 17.3 Å². The summed E-state index contributed by atoms with van der Waals surface area (Å²) in [6.07, 6.45) is 3.36. The van der Waals surface area contributed by atoms with Gasteiger partial charge in [0.25, 0.3) is 0 Å². The van der Waals surface area contributed by atoms with E-state index in [1.54, 1.807) is 21.6 Å². The number of pyridine rings is 1. The number of oxime groups is 1. The van der Waals surface area contributed by atoms with Gasteiger partial charge in [-0.25, -0.2) is 13.6 Å². The topological polar surface area (TPSA) is 119 Å². The van der Waals surface area contributed by atoms with Crippen molar-refractivity contribution >= 4 is 28.3 Å². The maximum atomic E-state index is 15.5.